The number of aryl methyl sites for hydroxylation is 1. The Morgan fingerprint density at radius 3 is 3.24 bits per heavy atom. The normalized spacial score (nSPS) is 20.2. The number of nitrogens with one attached hydrogen (secondary N) is 1. The van der Waals surface area contributed by atoms with Crippen LogP contribution in [0.1, 0.15) is 25.0 Å². The average molecular weight is 240 g/mol. The summed E-state index contributed by atoms with van der Waals surface area (Å²) >= 11 is 0. The second-order valence-corrected chi connectivity index (χ2v) is 3.96. The molecule has 1 amide bonds. The van der Waals surface area contributed by atoms with E-state index in [0.717, 1.165) is 25.0 Å². The lowest BCUT2D eigenvalue weighted by Gasteiger charge is -2.22. The molecule has 0 aliphatic carbocycles. The van der Waals surface area contributed by atoms with Crippen molar-refractivity contribution < 1.29 is 14.4 Å². The van der Waals surface area contributed by atoms with Gasteiger partial charge in [0.05, 0.1) is 18.3 Å². The van der Waals surface area contributed by atoms with Crippen molar-refractivity contribution in [3.8, 4) is 0 Å². The topological polar surface area (TPSA) is 78.3 Å². The zero-order chi connectivity index (χ0) is 12.1. The van der Waals surface area contributed by atoms with Crippen LogP contribution in [0.25, 0.3) is 0 Å². The molecule has 1 aliphatic heterocycles. The van der Waals surface area contributed by atoms with Crippen LogP contribution in [0.5, 0.6) is 0 Å². The standard InChI is InChI=1S/C10H16N4O3/c1-14-8(7-11-13-14)6-9(15)12-17-10-4-2-3-5-16-10/h7,10H,2-6H2,1H3,(H,12,15). The molecule has 2 rings (SSSR count). The molecule has 7 nitrogen and oxygen atoms in total. The second kappa shape index (κ2) is 5.74. The van der Waals surface area contributed by atoms with E-state index in [1.165, 1.54) is 0 Å². The summed E-state index contributed by atoms with van der Waals surface area (Å²) in [6.07, 6.45) is 4.35. The number of nitrogens with zero attached hydrogens (tertiary/aromatic N) is 3. The van der Waals surface area contributed by atoms with E-state index in [-0.39, 0.29) is 18.6 Å². The molecule has 0 saturated carbocycles. The summed E-state index contributed by atoms with van der Waals surface area (Å²) in [5, 5.41) is 7.43. The third-order valence-electron chi connectivity index (χ3n) is 2.59. The maximum absolute atomic E-state index is 11.5. The lowest BCUT2D eigenvalue weighted by Crippen LogP contribution is -2.34. The fourth-order valence-corrected chi connectivity index (χ4v) is 1.61. The number of hydrogen-bond donors (Lipinski definition) is 1. The minimum Gasteiger partial charge on any atom is -0.350 e. The van der Waals surface area contributed by atoms with Crippen molar-refractivity contribution in [3.05, 3.63) is 11.9 Å². The number of aromatic nitrogens is 3. The molecule has 1 aromatic heterocycles. The first kappa shape index (κ1) is 12.0. The van der Waals surface area contributed by atoms with E-state index >= 15 is 0 Å². The monoisotopic (exact) mass is 240 g/mol. The van der Waals surface area contributed by atoms with Gasteiger partial charge in [0.2, 0.25) is 5.91 Å². The number of ether oxygens (including phenoxy) is 1. The van der Waals surface area contributed by atoms with Crippen molar-refractivity contribution in [3.63, 3.8) is 0 Å². The van der Waals surface area contributed by atoms with Gasteiger partial charge in [-0.05, 0) is 12.8 Å². The molecule has 1 saturated heterocycles. The maximum Gasteiger partial charge on any atom is 0.249 e. The highest BCUT2D eigenvalue weighted by molar-refractivity contribution is 5.76. The smallest absolute Gasteiger partial charge is 0.249 e. The number of carbonyl (C=O) groups excluding carboxylic acids is 1. The van der Waals surface area contributed by atoms with E-state index < -0.39 is 0 Å². The predicted molar refractivity (Wildman–Crippen MR) is 57.5 cm³/mol. The van der Waals surface area contributed by atoms with Gasteiger partial charge in [-0.25, -0.2) is 10.3 Å². The second-order valence-electron chi connectivity index (χ2n) is 3.96. The van der Waals surface area contributed by atoms with Crippen LogP contribution in [-0.2, 0) is 27.8 Å². The lowest BCUT2D eigenvalue weighted by molar-refractivity contribution is -0.200. The molecular weight excluding hydrogens is 224 g/mol. The van der Waals surface area contributed by atoms with Crippen molar-refractivity contribution in [1.82, 2.24) is 20.5 Å². The van der Waals surface area contributed by atoms with Gasteiger partial charge in [0.25, 0.3) is 0 Å². The van der Waals surface area contributed by atoms with Crippen molar-refractivity contribution >= 4 is 5.91 Å². The molecule has 0 bridgehead atoms. The van der Waals surface area contributed by atoms with E-state index in [0.29, 0.717) is 6.61 Å². The number of hydroxylamine groups is 1. The number of amides is 1. The molecule has 1 atom stereocenters. The molecule has 0 radical (unpaired) electrons. The van der Waals surface area contributed by atoms with Crippen molar-refractivity contribution in [2.45, 2.75) is 32.0 Å². The minimum atomic E-state index is -0.322. The summed E-state index contributed by atoms with van der Waals surface area (Å²) in [4.78, 5) is 16.7. The van der Waals surface area contributed by atoms with Crippen LogP contribution in [0, 0.1) is 0 Å². The van der Waals surface area contributed by atoms with Crippen LogP contribution in [-0.4, -0.2) is 33.8 Å². The Labute approximate surface area is 99.0 Å². The predicted octanol–water partition coefficient (Wildman–Crippen LogP) is -0.0680. The summed E-state index contributed by atoms with van der Waals surface area (Å²) in [7, 11) is 1.74. The van der Waals surface area contributed by atoms with E-state index in [4.69, 9.17) is 9.57 Å². The third kappa shape index (κ3) is 3.50. The molecule has 2 heterocycles. The summed E-state index contributed by atoms with van der Waals surface area (Å²) in [6, 6.07) is 0. The highest BCUT2D eigenvalue weighted by Crippen LogP contribution is 2.12. The van der Waals surface area contributed by atoms with Gasteiger partial charge in [-0.1, -0.05) is 5.21 Å². The molecule has 1 aliphatic rings. The van der Waals surface area contributed by atoms with Gasteiger partial charge in [0.15, 0.2) is 6.29 Å². The van der Waals surface area contributed by atoms with Gasteiger partial charge in [-0.15, -0.1) is 5.10 Å². The number of rotatable bonds is 4. The number of carbonyl (C=O) groups is 1. The molecule has 7 heteroatoms. The average Bonchev–Trinajstić information content (AvgIpc) is 2.74. The first-order valence-corrected chi connectivity index (χ1v) is 5.65. The Morgan fingerprint density at radius 2 is 2.59 bits per heavy atom. The van der Waals surface area contributed by atoms with Crippen LogP contribution in [0.4, 0.5) is 0 Å². The minimum absolute atomic E-state index is 0.191. The zero-order valence-electron chi connectivity index (χ0n) is 9.76. The molecular formula is C10H16N4O3. The van der Waals surface area contributed by atoms with E-state index in [2.05, 4.69) is 15.8 Å². The summed E-state index contributed by atoms with van der Waals surface area (Å²) in [5.41, 5.74) is 3.12. The van der Waals surface area contributed by atoms with Crippen LogP contribution in [0.3, 0.4) is 0 Å². The quantitative estimate of drug-likeness (QED) is 0.745. The zero-order valence-corrected chi connectivity index (χ0v) is 9.76. The molecule has 1 fully saturated rings. The van der Waals surface area contributed by atoms with Gasteiger partial charge >= 0.3 is 0 Å². The van der Waals surface area contributed by atoms with Gasteiger partial charge in [0, 0.05) is 20.1 Å². The van der Waals surface area contributed by atoms with Crippen molar-refractivity contribution in [2.75, 3.05) is 6.61 Å². The maximum atomic E-state index is 11.5. The lowest BCUT2D eigenvalue weighted by atomic mass is 10.2. The van der Waals surface area contributed by atoms with Crippen LogP contribution in [0.2, 0.25) is 0 Å². The molecule has 0 spiro atoms. The fourth-order valence-electron chi connectivity index (χ4n) is 1.61. The van der Waals surface area contributed by atoms with Gasteiger partial charge < -0.3 is 4.74 Å². The van der Waals surface area contributed by atoms with Crippen LogP contribution < -0.4 is 5.48 Å². The van der Waals surface area contributed by atoms with Gasteiger partial charge in [0.1, 0.15) is 0 Å². The highest BCUT2D eigenvalue weighted by atomic mass is 16.8. The van der Waals surface area contributed by atoms with Gasteiger partial charge in [-0.3, -0.25) is 9.48 Å². The Hall–Kier alpha value is -1.47. The summed E-state index contributed by atoms with van der Waals surface area (Å²) in [6.45, 7) is 0.687. The van der Waals surface area contributed by atoms with E-state index in [1.807, 2.05) is 0 Å². The third-order valence-corrected chi connectivity index (χ3v) is 2.59. The Bertz CT molecular complexity index is 373. The molecule has 1 unspecified atom stereocenters. The molecule has 1 aromatic rings. The Morgan fingerprint density at radius 1 is 1.71 bits per heavy atom. The van der Waals surface area contributed by atoms with Crippen molar-refractivity contribution in [1.29, 1.82) is 0 Å². The van der Waals surface area contributed by atoms with Crippen molar-refractivity contribution in [2.24, 2.45) is 7.05 Å². The fraction of sp³-hybridized carbons (Fsp3) is 0.700. The summed E-state index contributed by atoms with van der Waals surface area (Å²) < 4.78 is 6.87. The molecule has 0 aromatic carbocycles. The molecule has 17 heavy (non-hydrogen) atoms. The molecule has 1 N–H and O–H groups in total. The Balaban J connectivity index is 1.72. The van der Waals surface area contributed by atoms with Gasteiger partial charge in [-0.2, -0.15) is 0 Å². The van der Waals surface area contributed by atoms with E-state index in [1.54, 1.807) is 17.9 Å². The van der Waals surface area contributed by atoms with Crippen LogP contribution >= 0.6 is 0 Å². The summed E-state index contributed by atoms with van der Waals surface area (Å²) in [5.74, 6) is -0.232. The number of hydrogen-bond acceptors (Lipinski definition) is 5. The molecule has 94 valence electrons. The first-order valence-electron chi connectivity index (χ1n) is 5.65. The first-order chi connectivity index (χ1) is 8.25. The largest absolute Gasteiger partial charge is 0.350 e. The Kier molecular flexibility index (Phi) is 4.05. The van der Waals surface area contributed by atoms with E-state index in [9.17, 15) is 4.79 Å². The SMILES string of the molecule is Cn1nncc1CC(=O)NOC1CCCCO1. The van der Waals surface area contributed by atoms with Crippen LogP contribution in [0.15, 0.2) is 6.20 Å². The highest BCUT2D eigenvalue weighted by Gasteiger charge is 2.16.